The lowest BCUT2D eigenvalue weighted by Gasteiger charge is -2.02. The fourth-order valence-corrected chi connectivity index (χ4v) is 1.32. The SMILES string of the molecule is COCCNC(=O)C(=O)N/N=C\c1ccccc1[N+](=O)[O-]. The second-order valence-corrected chi connectivity index (χ2v) is 3.76. The van der Waals surface area contributed by atoms with Crippen molar-refractivity contribution < 1.29 is 19.2 Å². The number of hydrogen-bond donors (Lipinski definition) is 2. The van der Waals surface area contributed by atoms with Gasteiger partial charge in [-0.25, -0.2) is 5.43 Å². The number of carbonyl (C=O) groups is 2. The van der Waals surface area contributed by atoms with Crippen LogP contribution < -0.4 is 10.7 Å². The van der Waals surface area contributed by atoms with Crippen LogP contribution in [0.25, 0.3) is 0 Å². The number of rotatable bonds is 6. The van der Waals surface area contributed by atoms with Crippen LogP contribution in [0.4, 0.5) is 5.69 Å². The topological polar surface area (TPSA) is 123 Å². The van der Waals surface area contributed by atoms with Crippen molar-refractivity contribution in [1.82, 2.24) is 10.7 Å². The van der Waals surface area contributed by atoms with Gasteiger partial charge in [-0.15, -0.1) is 0 Å². The van der Waals surface area contributed by atoms with Gasteiger partial charge in [-0.3, -0.25) is 19.7 Å². The standard InChI is InChI=1S/C12H14N4O5/c1-21-7-6-13-11(17)12(18)15-14-8-9-4-2-3-5-10(9)16(19)20/h2-5,8H,6-7H2,1H3,(H,13,17)(H,15,18)/b14-8-. The molecule has 0 saturated heterocycles. The lowest BCUT2D eigenvalue weighted by atomic mass is 10.2. The maximum atomic E-state index is 11.3. The van der Waals surface area contributed by atoms with E-state index in [9.17, 15) is 19.7 Å². The molecule has 0 aromatic heterocycles. The summed E-state index contributed by atoms with van der Waals surface area (Å²) in [6, 6.07) is 5.87. The highest BCUT2D eigenvalue weighted by molar-refractivity contribution is 6.35. The Morgan fingerprint density at radius 2 is 2.10 bits per heavy atom. The first-order valence-electron chi connectivity index (χ1n) is 5.90. The third-order valence-corrected chi connectivity index (χ3v) is 2.30. The molecule has 0 atom stereocenters. The Kier molecular flexibility index (Phi) is 6.48. The van der Waals surface area contributed by atoms with E-state index in [0.29, 0.717) is 0 Å². The first-order chi connectivity index (χ1) is 10.1. The molecule has 0 heterocycles. The molecule has 0 radical (unpaired) electrons. The maximum absolute atomic E-state index is 11.3. The van der Waals surface area contributed by atoms with Crippen molar-refractivity contribution in [3.05, 3.63) is 39.9 Å². The van der Waals surface area contributed by atoms with Crippen LogP contribution >= 0.6 is 0 Å². The molecule has 0 bridgehead atoms. The zero-order chi connectivity index (χ0) is 15.7. The van der Waals surface area contributed by atoms with Crippen LogP contribution in [0.1, 0.15) is 5.56 Å². The van der Waals surface area contributed by atoms with E-state index in [4.69, 9.17) is 4.74 Å². The summed E-state index contributed by atoms with van der Waals surface area (Å²) < 4.78 is 4.71. The van der Waals surface area contributed by atoms with E-state index in [1.54, 1.807) is 6.07 Å². The summed E-state index contributed by atoms with van der Waals surface area (Å²) in [5, 5.41) is 16.6. The van der Waals surface area contributed by atoms with Crippen molar-refractivity contribution in [3.8, 4) is 0 Å². The molecule has 2 amide bonds. The highest BCUT2D eigenvalue weighted by atomic mass is 16.6. The molecule has 21 heavy (non-hydrogen) atoms. The third-order valence-electron chi connectivity index (χ3n) is 2.30. The highest BCUT2D eigenvalue weighted by Gasteiger charge is 2.12. The summed E-state index contributed by atoms with van der Waals surface area (Å²) in [4.78, 5) is 32.8. The monoisotopic (exact) mass is 294 g/mol. The summed E-state index contributed by atoms with van der Waals surface area (Å²) >= 11 is 0. The lowest BCUT2D eigenvalue weighted by Crippen LogP contribution is -2.39. The summed E-state index contributed by atoms with van der Waals surface area (Å²) in [6.45, 7) is 0.467. The molecule has 0 unspecified atom stereocenters. The van der Waals surface area contributed by atoms with Crippen LogP contribution in [0.3, 0.4) is 0 Å². The second-order valence-electron chi connectivity index (χ2n) is 3.76. The van der Waals surface area contributed by atoms with Crippen molar-refractivity contribution in [2.24, 2.45) is 5.10 Å². The van der Waals surface area contributed by atoms with Crippen LogP contribution in [0.15, 0.2) is 29.4 Å². The van der Waals surface area contributed by atoms with Crippen LogP contribution in [-0.2, 0) is 14.3 Å². The van der Waals surface area contributed by atoms with Gasteiger partial charge in [0.05, 0.1) is 23.3 Å². The minimum Gasteiger partial charge on any atom is -0.383 e. The predicted octanol–water partition coefficient (Wildman–Crippen LogP) is -0.192. The summed E-state index contributed by atoms with van der Waals surface area (Å²) in [5.74, 6) is -1.84. The summed E-state index contributed by atoms with van der Waals surface area (Å²) in [7, 11) is 1.46. The van der Waals surface area contributed by atoms with Crippen LogP contribution in [0.5, 0.6) is 0 Å². The van der Waals surface area contributed by atoms with Gasteiger partial charge in [-0.2, -0.15) is 5.10 Å². The molecule has 112 valence electrons. The Bertz CT molecular complexity index is 558. The van der Waals surface area contributed by atoms with Crippen molar-refractivity contribution in [2.45, 2.75) is 0 Å². The Labute approximate surface area is 120 Å². The summed E-state index contributed by atoms with van der Waals surface area (Å²) in [5.41, 5.74) is 2.04. The molecule has 1 rings (SSSR count). The average molecular weight is 294 g/mol. The quantitative estimate of drug-likeness (QED) is 0.247. The number of hydrazone groups is 1. The van der Waals surface area contributed by atoms with Crippen LogP contribution in [-0.4, -0.2) is 43.2 Å². The molecule has 0 aliphatic carbocycles. The number of benzene rings is 1. The first-order valence-corrected chi connectivity index (χ1v) is 5.90. The van der Waals surface area contributed by atoms with Crippen LogP contribution in [0.2, 0.25) is 0 Å². The predicted molar refractivity (Wildman–Crippen MR) is 73.7 cm³/mol. The third kappa shape index (κ3) is 5.37. The normalized spacial score (nSPS) is 10.3. The average Bonchev–Trinajstić information content (AvgIpc) is 2.47. The minimum absolute atomic E-state index is 0.153. The molecule has 0 spiro atoms. The number of nitrogens with zero attached hydrogens (tertiary/aromatic N) is 2. The molecule has 0 fully saturated rings. The zero-order valence-corrected chi connectivity index (χ0v) is 11.2. The molecular formula is C12H14N4O5. The van der Waals surface area contributed by atoms with E-state index in [-0.39, 0.29) is 24.4 Å². The number of hydrogen-bond acceptors (Lipinski definition) is 6. The van der Waals surface area contributed by atoms with Gasteiger partial charge in [0.2, 0.25) is 0 Å². The largest absolute Gasteiger partial charge is 0.383 e. The van der Waals surface area contributed by atoms with Gasteiger partial charge in [0.1, 0.15) is 0 Å². The van der Waals surface area contributed by atoms with Crippen LogP contribution in [0, 0.1) is 10.1 Å². The number of methoxy groups -OCH3 is 1. The first kappa shape index (κ1) is 16.2. The van der Waals surface area contributed by atoms with Gasteiger partial charge >= 0.3 is 11.8 Å². The lowest BCUT2D eigenvalue weighted by molar-refractivity contribution is -0.385. The van der Waals surface area contributed by atoms with Gasteiger partial charge < -0.3 is 10.1 Å². The van der Waals surface area contributed by atoms with Gasteiger partial charge in [-0.05, 0) is 6.07 Å². The van der Waals surface area contributed by atoms with E-state index in [0.717, 1.165) is 6.21 Å². The Morgan fingerprint density at radius 1 is 1.38 bits per heavy atom. The van der Waals surface area contributed by atoms with Crippen molar-refractivity contribution in [3.63, 3.8) is 0 Å². The smallest absolute Gasteiger partial charge is 0.329 e. The molecule has 0 aliphatic rings. The van der Waals surface area contributed by atoms with E-state index < -0.39 is 16.7 Å². The van der Waals surface area contributed by atoms with Gasteiger partial charge in [0.25, 0.3) is 5.69 Å². The molecular weight excluding hydrogens is 280 g/mol. The van der Waals surface area contributed by atoms with E-state index in [1.165, 1.54) is 25.3 Å². The van der Waals surface area contributed by atoms with Gasteiger partial charge in [0, 0.05) is 19.7 Å². The molecule has 0 saturated carbocycles. The molecule has 9 nitrogen and oxygen atoms in total. The van der Waals surface area contributed by atoms with Crippen molar-refractivity contribution in [2.75, 3.05) is 20.3 Å². The Hall–Kier alpha value is -2.81. The highest BCUT2D eigenvalue weighted by Crippen LogP contribution is 2.14. The van der Waals surface area contributed by atoms with E-state index in [1.807, 2.05) is 5.43 Å². The molecule has 0 aliphatic heterocycles. The van der Waals surface area contributed by atoms with E-state index in [2.05, 4.69) is 10.4 Å². The number of nitro benzene ring substituents is 1. The number of para-hydroxylation sites is 1. The minimum atomic E-state index is -0.971. The molecule has 1 aromatic carbocycles. The van der Waals surface area contributed by atoms with E-state index >= 15 is 0 Å². The second kappa shape index (κ2) is 8.38. The summed E-state index contributed by atoms with van der Waals surface area (Å²) in [6.07, 6.45) is 1.10. The van der Waals surface area contributed by atoms with Crippen molar-refractivity contribution in [1.29, 1.82) is 0 Å². The molecule has 9 heteroatoms. The fourth-order valence-electron chi connectivity index (χ4n) is 1.32. The Morgan fingerprint density at radius 3 is 2.76 bits per heavy atom. The number of ether oxygens (including phenoxy) is 1. The van der Waals surface area contributed by atoms with Gasteiger partial charge in [0.15, 0.2) is 0 Å². The van der Waals surface area contributed by atoms with Gasteiger partial charge in [-0.1, -0.05) is 12.1 Å². The molecule has 2 N–H and O–H groups in total. The number of carbonyl (C=O) groups excluding carboxylic acids is 2. The fraction of sp³-hybridized carbons (Fsp3) is 0.250. The Balaban J connectivity index is 2.57. The van der Waals surface area contributed by atoms with Crippen molar-refractivity contribution >= 4 is 23.7 Å². The molecule has 1 aromatic rings. The maximum Gasteiger partial charge on any atom is 0.329 e. The zero-order valence-electron chi connectivity index (χ0n) is 11.2. The number of nitro groups is 1. The number of amides is 2. The number of nitrogens with one attached hydrogen (secondary N) is 2.